The molecule has 0 aliphatic carbocycles. The highest BCUT2D eigenvalue weighted by Gasteiger charge is 2.17. The minimum Gasteiger partial charge on any atom is -0.375 e. The van der Waals surface area contributed by atoms with Crippen LogP contribution in [-0.2, 0) is 16.1 Å². The Labute approximate surface area is 245 Å². The average Bonchev–Trinajstić information content (AvgIpc) is 2.96. The smallest absolute Gasteiger partial charge is 0.261 e. The van der Waals surface area contributed by atoms with Gasteiger partial charge in [0.25, 0.3) is 5.91 Å². The molecule has 1 aromatic heterocycles. The van der Waals surface area contributed by atoms with Crippen LogP contribution >= 0.6 is 0 Å². The Balaban J connectivity index is 1.62. The molecule has 2 aromatic carbocycles. The van der Waals surface area contributed by atoms with Crippen molar-refractivity contribution in [3.05, 3.63) is 83.6 Å². The Morgan fingerprint density at radius 2 is 1.81 bits per heavy atom. The van der Waals surface area contributed by atoms with Gasteiger partial charge in [0.2, 0.25) is 17.8 Å². The van der Waals surface area contributed by atoms with Crippen LogP contribution in [0.15, 0.2) is 66.9 Å². The quantitative estimate of drug-likeness (QED) is 0.128. The summed E-state index contributed by atoms with van der Waals surface area (Å²) in [6.07, 6.45) is 5.58. The number of anilines is 4. The van der Waals surface area contributed by atoms with Crippen LogP contribution in [0.5, 0.6) is 0 Å². The monoisotopic (exact) mass is 574 g/mol. The predicted molar refractivity (Wildman–Crippen MR) is 164 cm³/mol. The third kappa shape index (κ3) is 10.3. The molecule has 1 heterocycles. The van der Waals surface area contributed by atoms with Crippen molar-refractivity contribution in [3.8, 4) is 0 Å². The number of nitrogens with zero attached hydrogens (tertiary/aromatic N) is 3. The van der Waals surface area contributed by atoms with Gasteiger partial charge in [-0.05, 0) is 50.8 Å². The first-order chi connectivity index (χ1) is 20.3. The highest BCUT2D eigenvalue weighted by molar-refractivity contribution is 6.07. The molecule has 3 amide bonds. The molecule has 0 bridgehead atoms. The molecule has 222 valence electrons. The van der Waals surface area contributed by atoms with Gasteiger partial charge in [-0.15, -0.1) is 0 Å². The number of benzene rings is 2. The highest BCUT2D eigenvalue weighted by atomic mass is 16.5. The number of rotatable bonds is 16. The Morgan fingerprint density at radius 1 is 1.05 bits per heavy atom. The summed E-state index contributed by atoms with van der Waals surface area (Å²) in [4.78, 5) is 47.3. The van der Waals surface area contributed by atoms with Crippen molar-refractivity contribution in [2.75, 3.05) is 56.3 Å². The van der Waals surface area contributed by atoms with E-state index < -0.39 is 5.91 Å². The molecule has 0 atom stereocenters. The van der Waals surface area contributed by atoms with Crippen molar-refractivity contribution in [3.63, 3.8) is 0 Å². The molecular formula is C30H38N8O4. The number of hydrogen-bond acceptors (Lipinski definition) is 9. The molecule has 0 aliphatic heterocycles. The zero-order valence-electron chi connectivity index (χ0n) is 24.1. The molecule has 0 saturated carbocycles. The second kappa shape index (κ2) is 16.5. The zero-order chi connectivity index (χ0) is 30.3. The Bertz CT molecular complexity index is 1380. The van der Waals surface area contributed by atoms with E-state index in [0.717, 1.165) is 12.0 Å². The van der Waals surface area contributed by atoms with Crippen molar-refractivity contribution in [2.45, 2.75) is 20.0 Å². The van der Waals surface area contributed by atoms with Gasteiger partial charge in [0.1, 0.15) is 11.4 Å². The molecule has 6 N–H and O–H groups in total. The third-order valence-electron chi connectivity index (χ3n) is 5.81. The van der Waals surface area contributed by atoms with Crippen LogP contribution in [0.4, 0.5) is 23.1 Å². The fraction of sp³-hybridized carbons (Fsp3) is 0.300. The Morgan fingerprint density at radius 3 is 2.52 bits per heavy atom. The summed E-state index contributed by atoms with van der Waals surface area (Å²) in [6, 6.07) is 13.9. The molecule has 0 radical (unpaired) electrons. The number of carbonyl (C=O) groups excluding carboxylic acids is 3. The van der Waals surface area contributed by atoms with Crippen LogP contribution in [-0.4, -0.2) is 72.9 Å². The van der Waals surface area contributed by atoms with Gasteiger partial charge in [-0.25, -0.2) is 4.98 Å². The van der Waals surface area contributed by atoms with E-state index in [-0.39, 0.29) is 29.9 Å². The lowest BCUT2D eigenvalue weighted by Gasteiger charge is -2.15. The minimum absolute atomic E-state index is 0.176. The average molecular weight is 575 g/mol. The van der Waals surface area contributed by atoms with E-state index in [2.05, 4.69) is 31.2 Å². The number of nitrogens with two attached hydrogens (primary N) is 1. The standard InChI is InChI=1S/C30H38N8O4/c1-4-15-33-28-24(19-34-30(37-28)35-23-13-11-21(12-14-23)27(31)40)29(41)36-25-9-6-5-8-22(25)20-42-18-16-32-26(39)10-7-17-38(2)3/h5-14,19H,4,15-18,20H2,1-3H3,(H2,31,40)(H,32,39)(H,36,41)(H2,33,34,35,37)/b10-7+. The number of aromatic nitrogens is 2. The lowest BCUT2D eigenvalue weighted by Crippen LogP contribution is -2.25. The molecule has 0 spiro atoms. The van der Waals surface area contributed by atoms with Crippen molar-refractivity contribution < 1.29 is 19.1 Å². The second-order valence-electron chi connectivity index (χ2n) is 9.57. The third-order valence-corrected chi connectivity index (χ3v) is 5.81. The molecule has 0 saturated heterocycles. The van der Waals surface area contributed by atoms with Gasteiger partial charge in [-0.1, -0.05) is 31.2 Å². The van der Waals surface area contributed by atoms with Gasteiger partial charge in [0, 0.05) is 54.4 Å². The maximum Gasteiger partial charge on any atom is 0.261 e. The number of carbonyl (C=O) groups is 3. The summed E-state index contributed by atoms with van der Waals surface area (Å²) in [5.41, 5.74) is 8.01. The van der Waals surface area contributed by atoms with E-state index in [1.807, 2.05) is 44.1 Å². The summed E-state index contributed by atoms with van der Waals surface area (Å²) in [6.45, 7) is 4.22. The van der Waals surface area contributed by atoms with Crippen LogP contribution in [0, 0.1) is 0 Å². The normalized spacial score (nSPS) is 11.0. The lowest BCUT2D eigenvalue weighted by molar-refractivity contribution is -0.116. The molecule has 42 heavy (non-hydrogen) atoms. The number of amides is 3. The van der Waals surface area contributed by atoms with E-state index in [9.17, 15) is 14.4 Å². The van der Waals surface area contributed by atoms with E-state index in [1.165, 1.54) is 12.3 Å². The van der Waals surface area contributed by atoms with E-state index >= 15 is 0 Å². The predicted octanol–water partition coefficient (Wildman–Crippen LogP) is 3.14. The van der Waals surface area contributed by atoms with Gasteiger partial charge < -0.3 is 36.6 Å². The molecule has 0 unspecified atom stereocenters. The highest BCUT2D eigenvalue weighted by Crippen LogP contribution is 2.22. The first-order valence-corrected chi connectivity index (χ1v) is 13.6. The number of nitrogens with one attached hydrogen (secondary N) is 4. The van der Waals surface area contributed by atoms with Crippen LogP contribution in [0.2, 0.25) is 0 Å². The van der Waals surface area contributed by atoms with E-state index in [1.54, 1.807) is 36.4 Å². The van der Waals surface area contributed by atoms with E-state index in [0.29, 0.717) is 49.0 Å². The summed E-state index contributed by atoms with van der Waals surface area (Å²) < 4.78 is 5.74. The number of likely N-dealkylation sites (N-methyl/N-ethyl adjacent to an activating group) is 1. The molecular weight excluding hydrogens is 536 g/mol. The fourth-order valence-electron chi connectivity index (χ4n) is 3.65. The summed E-state index contributed by atoms with van der Waals surface area (Å²) in [5, 5.41) is 12.0. The van der Waals surface area contributed by atoms with Gasteiger partial charge in [0.15, 0.2) is 0 Å². The maximum atomic E-state index is 13.3. The number of hydrogen-bond donors (Lipinski definition) is 5. The van der Waals surface area contributed by atoms with Gasteiger partial charge in [-0.2, -0.15) is 4.98 Å². The fourth-order valence-corrected chi connectivity index (χ4v) is 3.65. The topological polar surface area (TPSA) is 164 Å². The lowest BCUT2D eigenvalue weighted by atomic mass is 10.1. The molecule has 0 aliphatic rings. The molecule has 0 fully saturated rings. The molecule has 12 nitrogen and oxygen atoms in total. The first-order valence-electron chi connectivity index (χ1n) is 13.6. The van der Waals surface area contributed by atoms with Gasteiger partial charge in [-0.3, -0.25) is 14.4 Å². The SMILES string of the molecule is CCCNc1nc(Nc2ccc(C(N)=O)cc2)ncc1C(=O)Nc1ccccc1COCCNC(=O)/C=C/CN(C)C. The number of primary amides is 1. The molecule has 3 rings (SSSR count). The first kappa shape index (κ1) is 31.7. The number of para-hydroxylation sites is 1. The second-order valence-corrected chi connectivity index (χ2v) is 9.57. The Kier molecular flexibility index (Phi) is 12.4. The minimum atomic E-state index is -0.514. The molecule has 3 aromatic rings. The Hall–Kier alpha value is -4.81. The summed E-state index contributed by atoms with van der Waals surface area (Å²) in [5.74, 6) is -0.406. The number of ether oxygens (including phenoxy) is 1. The van der Waals surface area contributed by atoms with Gasteiger partial charge in [0.05, 0.1) is 13.2 Å². The van der Waals surface area contributed by atoms with Crippen LogP contribution < -0.4 is 27.0 Å². The van der Waals surface area contributed by atoms with Crippen molar-refractivity contribution in [1.29, 1.82) is 0 Å². The van der Waals surface area contributed by atoms with Crippen LogP contribution in [0.1, 0.15) is 39.6 Å². The van der Waals surface area contributed by atoms with E-state index in [4.69, 9.17) is 10.5 Å². The largest absolute Gasteiger partial charge is 0.375 e. The van der Waals surface area contributed by atoms with Crippen LogP contribution in [0.25, 0.3) is 0 Å². The zero-order valence-corrected chi connectivity index (χ0v) is 24.1. The van der Waals surface area contributed by atoms with Crippen molar-refractivity contribution >= 4 is 40.9 Å². The van der Waals surface area contributed by atoms with Gasteiger partial charge >= 0.3 is 0 Å². The maximum absolute atomic E-state index is 13.3. The van der Waals surface area contributed by atoms with Crippen LogP contribution in [0.3, 0.4) is 0 Å². The molecule has 12 heteroatoms. The van der Waals surface area contributed by atoms with Crippen molar-refractivity contribution in [2.24, 2.45) is 5.73 Å². The summed E-state index contributed by atoms with van der Waals surface area (Å²) >= 11 is 0. The summed E-state index contributed by atoms with van der Waals surface area (Å²) in [7, 11) is 3.86. The van der Waals surface area contributed by atoms with Crippen molar-refractivity contribution in [1.82, 2.24) is 20.2 Å².